The summed E-state index contributed by atoms with van der Waals surface area (Å²) >= 11 is 0. The zero-order valence-corrected chi connectivity index (χ0v) is 11.7. The smallest absolute Gasteiger partial charge is 0.148 e. The number of aromatic nitrogens is 2. The topological polar surface area (TPSA) is 37.8 Å². The molecule has 3 heteroatoms. The van der Waals surface area contributed by atoms with Gasteiger partial charge in [-0.25, -0.2) is 4.98 Å². The normalized spacial score (nSPS) is 11.5. The molecule has 3 nitrogen and oxygen atoms in total. The zero-order chi connectivity index (χ0) is 12.8. The monoisotopic (exact) mass is 235 g/mol. The molecule has 1 heterocycles. The fourth-order valence-electron chi connectivity index (χ4n) is 2.37. The molecule has 0 atom stereocenters. The molecule has 0 fully saturated rings. The van der Waals surface area contributed by atoms with Gasteiger partial charge in [-0.2, -0.15) is 0 Å². The summed E-state index contributed by atoms with van der Waals surface area (Å²) in [5, 5.41) is 3.38. The van der Waals surface area contributed by atoms with Crippen molar-refractivity contribution in [2.75, 3.05) is 11.9 Å². The van der Waals surface area contributed by atoms with Gasteiger partial charge in [0.2, 0.25) is 0 Å². The van der Waals surface area contributed by atoms with Crippen LogP contribution < -0.4 is 5.32 Å². The summed E-state index contributed by atoms with van der Waals surface area (Å²) < 4.78 is 0. The van der Waals surface area contributed by atoms with E-state index in [2.05, 4.69) is 49.9 Å². The lowest BCUT2D eigenvalue weighted by Crippen LogP contribution is -2.18. The van der Waals surface area contributed by atoms with E-state index in [1.165, 1.54) is 0 Å². The maximum atomic E-state index is 4.55. The molecule has 0 aliphatic rings. The standard InChI is InChI=1S/C14H25N3/c1-6-7-16-14-13(15-8-9-17-14)12(10(2)3)11(4)5/h8-12H,6-7H2,1-5H3,(H,16,17). The number of nitrogens with zero attached hydrogens (tertiary/aromatic N) is 2. The van der Waals surface area contributed by atoms with Gasteiger partial charge < -0.3 is 5.32 Å². The van der Waals surface area contributed by atoms with Gasteiger partial charge in [0.25, 0.3) is 0 Å². The first-order valence-corrected chi connectivity index (χ1v) is 6.62. The van der Waals surface area contributed by atoms with Gasteiger partial charge in [0, 0.05) is 24.9 Å². The summed E-state index contributed by atoms with van der Waals surface area (Å²) in [4.78, 5) is 8.98. The SMILES string of the molecule is CCCNc1nccnc1C(C(C)C)C(C)C. The van der Waals surface area contributed by atoms with Crippen LogP contribution in [0.4, 0.5) is 5.82 Å². The Balaban J connectivity index is 3.00. The molecule has 0 aliphatic carbocycles. The molecule has 0 spiro atoms. The van der Waals surface area contributed by atoms with Crippen LogP contribution in [0.2, 0.25) is 0 Å². The van der Waals surface area contributed by atoms with Gasteiger partial charge in [-0.1, -0.05) is 34.6 Å². The predicted molar refractivity (Wildman–Crippen MR) is 73.2 cm³/mol. The van der Waals surface area contributed by atoms with Gasteiger partial charge in [-0.05, 0) is 18.3 Å². The fourth-order valence-corrected chi connectivity index (χ4v) is 2.37. The minimum atomic E-state index is 0.461. The van der Waals surface area contributed by atoms with Crippen molar-refractivity contribution in [3.05, 3.63) is 18.1 Å². The first kappa shape index (κ1) is 13.9. The maximum absolute atomic E-state index is 4.55. The number of hydrogen-bond donors (Lipinski definition) is 1. The molecule has 0 aliphatic heterocycles. The summed E-state index contributed by atoms with van der Waals surface area (Å²) in [6.07, 6.45) is 4.66. The average Bonchev–Trinajstić information content (AvgIpc) is 2.27. The van der Waals surface area contributed by atoms with Crippen molar-refractivity contribution in [2.24, 2.45) is 11.8 Å². The van der Waals surface area contributed by atoms with Crippen molar-refractivity contribution in [3.8, 4) is 0 Å². The maximum Gasteiger partial charge on any atom is 0.148 e. The van der Waals surface area contributed by atoms with E-state index in [0.717, 1.165) is 24.5 Å². The summed E-state index contributed by atoms with van der Waals surface area (Å²) in [7, 11) is 0. The van der Waals surface area contributed by atoms with Crippen LogP contribution in [0.1, 0.15) is 52.7 Å². The van der Waals surface area contributed by atoms with Crippen LogP contribution in [0.25, 0.3) is 0 Å². The third kappa shape index (κ3) is 3.69. The van der Waals surface area contributed by atoms with E-state index in [1.54, 1.807) is 12.4 Å². The lowest BCUT2D eigenvalue weighted by molar-refractivity contribution is 0.380. The minimum absolute atomic E-state index is 0.461. The summed E-state index contributed by atoms with van der Waals surface area (Å²) in [5.74, 6) is 2.58. The Hall–Kier alpha value is -1.12. The van der Waals surface area contributed by atoms with Gasteiger partial charge in [-0.3, -0.25) is 4.98 Å². The summed E-state index contributed by atoms with van der Waals surface area (Å²) in [5.41, 5.74) is 1.12. The van der Waals surface area contributed by atoms with Crippen molar-refractivity contribution < 1.29 is 0 Å². The Bertz CT molecular complexity index is 326. The third-order valence-electron chi connectivity index (χ3n) is 3.02. The second kappa shape index (κ2) is 6.58. The third-order valence-corrected chi connectivity index (χ3v) is 3.02. The zero-order valence-electron chi connectivity index (χ0n) is 11.7. The first-order valence-electron chi connectivity index (χ1n) is 6.62. The van der Waals surface area contributed by atoms with Gasteiger partial charge >= 0.3 is 0 Å². The molecule has 0 aromatic carbocycles. The van der Waals surface area contributed by atoms with Gasteiger partial charge in [0.15, 0.2) is 0 Å². The molecule has 0 radical (unpaired) electrons. The second-order valence-corrected chi connectivity index (χ2v) is 5.23. The first-order chi connectivity index (χ1) is 8.07. The largest absolute Gasteiger partial charge is 0.369 e. The highest BCUT2D eigenvalue weighted by molar-refractivity contribution is 5.41. The second-order valence-electron chi connectivity index (χ2n) is 5.23. The number of nitrogens with one attached hydrogen (secondary N) is 1. The fraction of sp³-hybridized carbons (Fsp3) is 0.714. The van der Waals surface area contributed by atoms with Crippen molar-refractivity contribution in [3.63, 3.8) is 0 Å². The summed E-state index contributed by atoms with van der Waals surface area (Å²) in [6, 6.07) is 0. The van der Waals surface area contributed by atoms with E-state index in [1.807, 2.05) is 0 Å². The number of anilines is 1. The lowest BCUT2D eigenvalue weighted by atomic mass is 9.82. The van der Waals surface area contributed by atoms with Crippen molar-refractivity contribution >= 4 is 5.82 Å². The Morgan fingerprint density at radius 3 is 2.18 bits per heavy atom. The molecule has 1 N–H and O–H groups in total. The lowest BCUT2D eigenvalue weighted by Gasteiger charge is -2.25. The molecule has 96 valence electrons. The number of rotatable bonds is 6. The summed E-state index contributed by atoms with van der Waals surface area (Å²) in [6.45, 7) is 12.1. The number of hydrogen-bond acceptors (Lipinski definition) is 3. The van der Waals surface area contributed by atoms with Crippen molar-refractivity contribution in [2.45, 2.75) is 47.0 Å². The van der Waals surface area contributed by atoms with Crippen LogP contribution in [-0.4, -0.2) is 16.5 Å². The van der Waals surface area contributed by atoms with Crippen molar-refractivity contribution in [1.82, 2.24) is 9.97 Å². The quantitative estimate of drug-likeness (QED) is 0.817. The van der Waals surface area contributed by atoms with E-state index in [-0.39, 0.29) is 0 Å². The van der Waals surface area contributed by atoms with Crippen LogP contribution in [0.15, 0.2) is 12.4 Å². The molecule has 0 bridgehead atoms. The molecular weight excluding hydrogens is 210 g/mol. The van der Waals surface area contributed by atoms with Gasteiger partial charge in [-0.15, -0.1) is 0 Å². The van der Waals surface area contributed by atoms with Gasteiger partial charge in [0.05, 0.1) is 5.69 Å². The highest BCUT2D eigenvalue weighted by Crippen LogP contribution is 2.33. The van der Waals surface area contributed by atoms with E-state index < -0.39 is 0 Å². The molecule has 1 aromatic heterocycles. The van der Waals surface area contributed by atoms with E-state index in [9.17, 15) is 0 Å². The van der Waals surface area contributed by atoms with E-state index >= 15 is 0 Å². The van der Waals surface area contributed by atoms with Crippen molar-refractivity contribution in [1.29, 1.82) is 0 Å². The Morgan fingerprint density at radius 1 is 1.06 bits per heavy atom. The Kier molecular flexibility index (Phi) is 5.39. The van der Waals surface area contributed by atoms with Crippen LogP contribution in [0.5, 0.6) is 0 Å². The van der Waals surface area contributed by atoms with E-state index in [4.69, 9.17) is 0 Å². The molecule has 0 saturated heterocycles. The average molecular weight is 235 g/mol. The van der Waals surface area contributed by atoms with Crippen LogP contribution >= 0.6 is 0 Å². The molecule has 1 aromatic rings. The molecule has 1 rings (SSSR count). The molecule has 17 heavy (non-hydrogen) atoms. The Labute approximate surface area is 105 Å². The van der Waals surface area contributed by atoms with Crippen LogP contribution in [0.3, 0.4) is 0 Å². The molecule has 0 unspecified atom stereocenters. The molecule has 0 amide bonds. The highest BCUT2D eigenvalue weighted by Gasteiger charge is 2.24. The Morgan fingerprint density at radius 2 is 1.65 bits per heavy atom. The van der Waals surface area contributed by atoms with Crippen LogP contribution in [0, 0.1) is 11.8 Å². The van der Waals surface area contributed by atoms with E-state index in [0.29, 0.717) is 17.8 Å². The molecule has 0 saturated carbocycles. The predicted octanol–water partition coefficient (Wildman–Crippen LogP) is 3.69. The minimum Gasteiger partial charge on any atom is -0.369 e. The van der Waals surface area contributed by atoms with Gasteiger partial charge in [0.1, 0.15) is 5.82 Å². The van der Waals surface area contributed by atoms with Crippen LogP contribution in [-0.2, 0) is 0 Å². The highest BCUT2D eigenvalue weighted by atomic mass is 15.0. The molecular formula is C14H25N3.